The molecule has 0 aliphatic carbocycles. The van der Waals surface area contributed by atoms with Crippen molar-refractivity contribution in [1.82, 2.24) is 19.6 Å². The van der Waals surface area contributed by atoms with E-state index in [-0.39, 0.29) is 23.4 Å². The van der Waals surface area contributed by atoms with Crippen LogP contribution >= 0.6 is 0 Å². The van der Waals surface area contributed by atoms with Gasteiger partial charge < -0.3 is 15.0 Å². The van der Waals surface area contributed by atoms with Gasteiger partial charge in [0.2, 0.25) is 0 Å². The lowest BCUT2D eigenvalue weighted by molar-refractivity contribution is -0.138. The molecule has 10 heteroatoms. The Hall–Kier alpha value is -4.41. The molecular weight excluding hydrogens is 555 g/mol. The Morgan fingerprint density at radius 3 is 2.33 bits per heavy atom. The Morgan fingerprint density at radius 1 is 0.884 bits per heavy atom. The number of halogens is 3. The molecule has 1 aromatic heterocycles. The second kappa shape index (κ2) is 11.3. The van der Waals surface area contributed by atoms with Crippen LogP contribution in [0.5, 0.6) is 5.75 Å². The number of aromatic nitrogens is 2. The van der Waals surface area contributed by atoms with Crippen molar-refractivity contribution >= 4 is 33.3 Å². The van der Waals surface area contributed by atoms with Crippen molar-refractivity contribution in [3.8, 4) is 16.9 Å². The van der Waals surface area contributed by atoms with Gasteiger partial charge in [-0.3, -0.25) is 14.4 Å². The number of nitrogens with zero attached hydrogens (tertiary/aromatic N) is 4. The molecule has 0 radical (unpaired) electrons. The molecule has 5 aromatic rings. The molecule has 43 heavy (non-hydrogen) atoms. The van der Waals surface area contributed by atoms with Gasteiger partial charge in [-0.25, -0.2) is 0 Å². The average Bonchev–Trinajstić information content (AvgIpc) is 3.37. The predicted octanol–water partition coefficient (Wildman–Crippen LogP) is 6.42. The molecule has 222 valence electrons. The van der Waals surface area contributed by atoms with Gasteiger partial charge in [0.15, 0.2) is 0 Å². The topological polar surface area (TPSA) is 62.6 Å². The van der Waals surface area contributed by atoms with E-state index in [0.29, 0.717) is 18.8 Å². The zero-order chi connectivity index (χ0) is 30.3. The number of alkyl halides is 3. The van der Waals surface area contributed by atoms with Crippen molar-refractivity contribution in [2.45, 2.75) is 12.7 Å². The van der Waals surface area contributed by atoms with Crippen molar-refractivity contribution in [2.24, 2.45) is 7.05 Å². The highest BCUT2D eigenvalue weighted by molar-refractivity contribution is 6.09. The van der Waals surface area contributed by atoms with Gasteiger partial charge in [0.1, 0.15) is 5.75 Å². The average molecular weight is 588 g/mol. The summed E-state index contributed by atoms with van der Waals surface area (Å²) < 4.78 is 49.6. The molecule has 0 atom stereocenters. The van der Waals surface area contributed by atoms with E-state index < -0.39 is 17.6 Å². The fraction of sp³-hybridized carbons (Fsp3) is 0.273. The van der Waals surface area contributed by atoms with E-state index in [4.69, 9.17) is 4.74 Å². The van der Waals surface area contributed by atoms with E-state index in [1.807, 2.05) is 60.2 Å². The fourth-order valence-corrected chi connectivity index (χ4v) is 5.65. The molecule has 7 nitrogen and oxygen atoms in total. The van der Waals surface area contributed by atoms with Gasteiger partial charge in [-0.05, 0) is 77.0 Å². The molecule has 1 fully saturated rings. The molecule has 0 bridgehead atoms. The number of aryl methyl sites for hydroxylation is 1. The SMILES string of the molecule is COc1cc2ccc(-c3ccc4c(cnn4C)c3)cc2cc1C(=O)Nc1ccc(CN2CCN(C)CC2)c(C(F)(F)F)c1. The summed E-state index contributed by atoms with van der Waals surface area (Å²) in [4.78, 5) is 17.6. The maximum atomic E-state index is 14.1. The minimum absolute atomic E-state index is 0.0696. The molecule has 0 saturated carbocycles. The standard InChI is InChI=1S/C33H32F3N5O2/c1-39-10-12-41(13-11-39)20-24-6-8-27(18-29(24)33(34,35)36)38-32(42)28-16-25-14-21(4-5-23(25)17-31(28)43-3)22-7-9-30-26(15-22)19-37-40(30)2/h4-9,14-19H,10-13,20H2,1-3H3,(H,38,42). The van der Waals surface area contributed by atoms with Crippen LogP contribution in [0, 0.1) is 0 Å². The first-order valence-corrected chi connectivity index (χ1v) is 14.1. The van der Waals surface area contributed by atoms with Crippen LogP contribution in [0.1, 0.15) is 21.5 Å². The van der Waals surface area contributed by atoms with Gasteiger partial charge in [-0.2, -0.15) is 18.3 Å². The largest absolute Gasteiger partial charge is 0.496 e. The van der Waals surface area contributed by atoms with Crippen LogP contribution in [-0.4, -0.2) is 65.8 Å². The molecule has 1 aliphatic rings. The summed E-state index contributed by atoms with van der Waals surface area (Å²) in [6, 6.07) is 19.5. The Kier molecular flexibility index (Phi) is 7.57. The highest BCUT2D eigenvalue weighted by atomic mass is 19.4. The van der Waals surface area contributed by atoms with Gasteiger partial charge >= 0.3 is 6.18 Å². The Labute approximate surface area is 247 Å². The third kappa shape index (κ3) is 5.93. The van der Waals surface area contributed by atoms with E-state index in [0.717, 1.165) is 52.0 Å². The molecule has 1 saturated heterocycles. The molecule has 1 aliphatic heterocycles. The quantitative estimate of drug-likeness (QED) is 0.249. The minimum atomic E-state index is -4.56. The smallest absolute Gasteiger partial charge is 0.416 e. The summed E-state index contributed by atoms with van der Waals surface area (Å²) in [7, 11) is 5.36. The number of rotatable bonds is 6. The van der Waals surface area contributed by atoms with Crippen LogP contribution in [0.15, 0.2) is 72.9 Å². The predicted molar refractivity (Wildman–Crippen MR) is 162 cm³/mol. The summed E-state index contributed by atoms with van der Waals surface area (Å²) in [6.07, 6.45) is -2.74. The number of anilines is 1. The summed E-state index contributed by atoms with van der Waals surface area (Å²) in [5, 5.41) is 9.66. The molecule has 4 aromatic carbocycles. The van der Waals surface area contributed by atoms with Crippen LogP contribution in [0.4, 0.5) is 18.9 Å². The van der Waals surface area contributed by atoms with E-state index in [2.05, 4.69) is 21.4 Å². The van der Waals surface area contributed by atoms with Crippen molar-refractivity contribution < 1.29 is 22.7 Å². The Balaban J connectivity index is 1.29. The number of carbonyl (C=O) groups is 1. The lowest BCUT2D eigenvalue weighted by Gasteiger charge is -2.33. The van der Waals surface area contributed by atoms with Crippen LogP contribution in [0.25, 0.3) is 32.8 Å². The van der Waals surface area contributed by atoms with Crippen molar-refractivity contribution in [1.29, 1.82) is 0 Å². The van der Waals surface area contributed by atoms with Crippen molar-refractivity contribution in [3.63, 3.8) is 0 Å². The Bertz CT molecular complexity index is 1820. The summed E-state index contributed by atoms with van der Waals surface area (Å²) >= 11 is 0. The zero-order valence-corrected chi connectivity index (χ0v) is 24.2. The molecule has 1 N–H and O–H groups in total. The first kappa shape index (κ1) is 28.7. The van der Waals surface area contributed by atoms with E-state index in [1.54, 1.807) is 12.1 Å². The van der Waals surface area contributed by atoms with Gasteiger partial charge in [-0.1, -0.05) is 24.3 Å². The highest BCUT2D eigenvalue weighted by Gasteiger charge is 2.34. The van der Waals surface area contributed by atoms with Crippen LogP contribution in [0.3, 0.4) is 0 Å². The number of fused-ring (bicyclic) bond motifs is 2. The van der Waals surface area contributed by atoms with Crippen LogP contribution in [0.2, 0.25) is 0 Å². The number of benzene rings is 4. The fourth-order valence-electron chi connectivity index (χ4n) is 5.65. The number of hydrogen-bond donors (Lipinski definition) is 1. The van der Waals surface area contributed by atoms with Crippen LogP contribution < -0.4 is 10.1 Å². The maximum Gasteiger partial charge on any atom is 0.416 e. The monoisotopic (exact) mass is 587 g/mol. The summed E-state index contributed by atoms with van der Waals surface area (Å²) in [5.41, 5.74) is 2.72. The first-order chi connectivity index (χ1) is 20.6. The second-order valence-corrected chi connectivity index (χ2v) is 11.1. The second-order valence-electron chi connectivity index (χ2n) is 11.1. The number of nitrogens with one attached hydrogen (secondary N) is 1. The summed E-state index contributed by atoms with van der Waals surface area (Å²) in [5.74, 6) is -0.224. The van der Waals surface area contributed by atoms with Crippen LogP contribution in [-0.2, 0) is 19.8 Å². The third-order valence-corrected chi connectivity index (χ3v) is 8.15. The van der Waals surface area contributed by atoms with Gasteiger partial charge in [0.25, 0.3) is 5.91 Å². The zero-order valence-electron chi connectivity index (χ0n) is 24.2. The van der Waals surface area contributed by atoms with E-state index in [1.165, 1.54) is 19.2 Å². The molecule has 1 amide bonds. The number of piperazine rings is 1. The summed E-state index contributed by atoms with van der Waals surface area (Å²) in [6.45, 7) is 3.22. The van der Waals surface area contributed by atoms with Gasteiger partial charge in [0.05, 0.1) is 30.0 Å². The number of ether oxygens (including phenoxy) is 1. The lowest BCUT2D eigenvalue weighted by Crippen LogP contribution is -2.44. The van der Waals surface area contributed by atoms with Crippen molar-refractivity contribution in [2.75, 3.05) is 45.7 Å². The number of hydrogen-bond acceptors (Lipinski definition) is 5. The highest BCUT2D eigenvalue weighted by Crippen LogP contribution is 2.36. The molecule has 2 heterocycles. The number of amides is 1. The van der Waals surface area contributed by atoms with E-state index >= 15 is 0 Å². The molecular formula is C33H32F3N5O2. The number of carbonyl (C=O) groups excluding carboxylic acids is 1. The van der Waals surface area contributed by atoms with Crippen molar-refractivity contribution in [3.05, 3.63) is 89.6 Å². The Morgan fingerprint density at radius 2 is 1.60 bits per heavy atom. The van der Waals surface area contributed by atoms with E-state index in [9.17, 15) is 18.0 Å². The number of likely N-dealkylation sites (N-methyl/N-ethyl adjacent to an activating group) is 1. The lowest BCUT2D eigenvalue weighted by atomic mass is 9.98. The molecule has 0 spiro atoms. The maximum absolute atomic E-state index is 14.1. The minimum Gasteiger partial charge on any atom is -0.496 e. The first-order valence-electron chi connectivity index (χ1n) is 14.1. The molecule has 0 unspecified atom stereocenters. The normalized spacial score (nSPS) is 14.8. The molecule has 6 rings (SSSR count). The number of methoxy groups -OCH3 is 1. The third-order valence-electron chi connectivity index (χ3n) is 8.15. The van der Waals surface area contributed by atoms with Gasteiger partial charge in [-0.15, -0.1) is 0 Å². The van der Waals surface area contributed by atoms with Gasteiger partial charge in [0, 0.05) is 50.8 Å².